The summed E-state index contributed by atoms with van der Waals surface area (Å²) in [5.74, 6) is -0.565. The zero-order valence-corrected chi connectivity index (χ0v) is 13.4. The summed E-state index contributed by atoms with van der Waals surface area (Å²) < 4.78 is 45.6. The predicted molar refractivity (Wildman–Crippen MR) is 82.8 cm³/mol. The van der Waals surface area contributed by atoms with Gasteiger partial charge in [-0.15, -0.1) is 13.2 Å². The molecular weight excluding hydrogens is 325 g/mol. The minimum absolute atomic E-state index is 0.148. The van der Waals surface area contributed by atoms with Gasteiger partial charge in [0.1, 0.15) is 5.75 Å². The van der Waals surface area contributed by atoms with E-state index in [9.17, 15) is 18.0 Å². The minimum Gasteiger partial charge on any atom is -0.406 e. The number of benzene rings is 1. The van der Waals surface area contributed by atoms with Gasteiger partial charge in [-0.1, -0.05) is 0 Å². The average molecular weight is 346 g/mol. The first-order chi connectivity index (χ1) is 11.3. The molecule has 134 valence electrons. The highest BCUT2D eigenvalue weighted by molar-refractivity contribution is 5.92. The smallest absolute Gasteiger partial charge is 0.406 e. The Hall–Kier alpha value is -1.80. The van der Waals surface area contributed by atoms with Crippen LogP contribution in [0.1, 0.15) is 19.3 Å². The van der Waals surface area contributed by atoms with E-state index in [0.29, 0.717) is 12.2 Å². The average Bonchev–Trinajstić information content (AvgIpc) is 2.48. The van der Waals surface area contributed by atoms with Crippen LogP contribution in [0.4, 0.5) is 18.9 Å². The van der Waals surface area contributed by atoms with Crippen LogP contribution in [0.15, 0.2) is 24.3 Å². The van der Waals surface area contributed by atoms with Crippen molar-refractivity contribution in [2.75, 3.05) is 32.1 Å². The van der Waals surface area contributed by atoms with E-state index in [2.05, 4.69) is 10.1 Å². The van der Waals surface area contributed by atoms with Gasteiger partial charge in [0.2, 0.25) is 5.91 Å². The van der Waals surface area contributed by atoms with Gasteiger partial charge < -0.3 is 14.8 Å². The summed E-state index contributed by atoms with van der Waals surface area (Å²) in [4.78, 5) is 13.8. The number of nitrogens with zero attached hydrogens (tertiary/aromatic N) is 1. The number of amides is 1. The molecule has 1 amide bonds. The number of carbonyl (C=O) groups excluding carboxylic acids is 1. The lowest BCUT2D eigenvalue weighted by molar-refractivity contribution is -0.274. The van der Waals surface area contributed by atoms with Gasteiger partial charge in [0, 0.05) is 18.8 Å². The molecule has 0 radical (unpaired) electrons. The Morgan fingerprint density at radius 3 is 2.62 bits per heavy atom. The van der Waals surface area contributed by atoms with Crippen LogP contribution in [-0.4, -0.2) is 50.0 Å². The summed E-state index contributed by atoms with van der Waals surface area (Å²) >= 11 is 0. The lowest BCUT2D eigenvalue weighted by Crippen LogP contribution is -2.37. The number of nitrogens with one attached hydrogen (secondary N) is 1. The third kappa shape index (κ3) is 6.76. The molecule has 24 heavy (non-hydrogen) atoms. The molecule has 1 atom stereocenters. The lowest BCUT2D eigenvalue weighted by atomic mass is 10.1. The number of likely N-dealkylation sites (N-methyl/N-ethyl adjacent to an activating group) is 1. The summed E-state index contributed by atoms with van der Waals surface area (Å²) in [5, 5.41) is 2.64. The Morgan fingerprint density at radius 2 is 2.04 bits per heavy atom. The van der Waals surface area contributed by atoms with Gasteiger partial charge in [-0.05, 0) is 50.6 Å². The predicted octanol–water partition coefficient (Wildman–Crippen LogP) is 3.02. The van der Waals surface area contributed by atoms with Crippen molar-refractivity contribution >= 4 is 11.6 Å². The first kappa shape index (κ1) is 18.5. The number of hydrogen-bond donors (Lipinski definition) is 1. The first-order valence-corrected chi connectivity index (χ1v) is 7.77. The summed E-state index contributed by atoms with van der Waals surface area (Å²) in [7, 11) is 1.83. The highest BCUT2D eigenvalue weighted by Crippen LogP contribution is 2.23. The maximum Gasteiger partial charge on any atom is 0.573 e. The number of hydrogen-bond acceptors (Lipinski definition) is 4. The quantitative estimate of drug-likeness (QED) is 0.860. The number of alkyl halides is 3. The van der Waals surface area contributed by atoms with E-state index in [-0.39, 0.29) is 24.3 Å². The summed E-state index contributed by atoms with van der Waals surface area (Å²) in [5.41, 5.74) is 0.414. The van der Waals surface area contributed by atoms with Gasteiger partial charge in [0.25, 0.3) is 0 Å². The topological polar surface area (TPSA) is 50.8 Å². The molecule has 2 rings (SSSR count). The SMILES string of the molecule is CN(CC(=O)Nc1ccc(OC(F)(F)F)cc1)CC1CCCCO1. The van der Waals surface area contributed by atoms with Gasteiger partial charge in [-0.3, -0.25) is 9.69 Å². The van der Waals surface area contributed by atoms with Crippen molar-refractivity contribution in [3.8, 4) is 5.75 Å². The molecule has 1 aromatic rings. The molecule has 1 heterocycles. The molecule has 1 aliphatic heterocycles. The second-order valence-electron chi connectivity index (χ2n) is 5.81. The largest absolute Gasteiger partial charge is 0.573 e. The molecule has 1 saturated heterocycles. The van der Waals surface area contributed by atoms with E-state index in [4.69, 9.17) is 4.74 Å². The van der Waals surface area contributed by atoms with Gasteiger partial charge >= 0.3 is 6.36 Å². The van der Waals surface area contributed by atoms with Crippen LogP contribution < -0.4 is 10.1 Å². The normalized spacial score (nSPS) is 18.5. The Morgan fingerprint density at radius 1 is 1.33 bits per heavy atom. The van der Waals surface area contributed by atoms with E-state index < -0.39 is 6.36 Å². The van der Waals surface area contributed by atoms with Gasteiger partial charge in [0.15, 0.2) is 0 Å². The van der Waals surface area contributed by atoms with E-state index >= 15 is 0 Å². The molecule has 1 aromatic carbocycles. The summed E-state index contributed by atoms with van der Waals surface area (Å²) in [6.45, 7) is 1.61. The molecule has 0 aromatic heterocycles. The lowest BCUT2D eigenvalue weighted by Gasteiger charge is -2.27. The number of carbonyl (C=O) groups is 1. The van der Waals surface area contributed by atoms with Crippen LogP contribution in [-0.2, 0) is 9.53 Å². The molecule has 5 nitrogen and oxygen atoms in total. The monoisotopic (exact) mass is 346 g/mol. The molecule has 8 heteroatoms. The fourth-order valence-electron chi connectivity index (χ4n) is 2.55. The zero-order chi connectivity index (χ0) is 17.6. The summed E-state index contributed by atoms with van der Waals surface area (Å²) in [6, 6.07) is 5.04. The maximum atomic E-state index is 12.1. The van der Waals surface area contributed by atoms with Gasteiger partial charge in [-0.2, -0.15) is 0 Å². The number of ether oxygens (including phenoxy) is 2. The Labute approximate surface area is 138 Å². The first-order valence-electron chi connectivity index (χ1n) is 7.77. The Bertz CT molecular complexity index is 528. The van der Waals surface area contributed by atoms with Crippen molar-refractivity contribution < 1.29 is 27.4 Å². The fourth-order valence-corrected chi connectivity index (χ4v) is 2.55. The third-order valence-corrected chi connectivity index (χ3v) is 3.57. The molecular formula is C16H21F3N2O3. The van der Waals surface area contributed by atoms with Crippen molar-refractivity contribution in [1.29, 1.82) is 0 Å². The highest BCUT2D eigenvalue weighted by Gasteiger charge is 2.31. The van der Waals surface area contributed by atoms with Crippen molar-refractivity contribution in [3.05, 3.63) is 24.3 Å². The van der Waals surface area contributed by atoms with E-state index in [1.807, 2.05) is 11.9 Å². The number of rotatable bonds is 6. The second-order valence-corrected chi connectivity index (χ2v) is 5.81. The zero-order valence-electron chi connectivity index (χ0n) is 13.4. The molecule has 0 aliphatic carbocycles. The van der Waals surface area contributed by atoms with Crippen LogP contribution in [0.25, 0.3) is 0 Å². The molecule has 1 unspecified atom stereocenters. The third-order valence-electron chi connectivity index (χ3n) is 3.57. The van der Waals surface area contributed by atoms with Crippen molar-refractivity contribution in [2.45, 2.75) is 31.7 Å². The van der Waals surface area contributed by atoms with Gasteiger partial charge in [-0.25, -0.2) is 0 Å². The maximum absolute atomic E-state index is 12.1. The molecule has 1 aliphatic rings. The standard InChI is InChI=1S/C16H21F3N2O3/c1-21(10-14-4-2-3-9-23-14)11-15(22)20-12-5-7-13(8-6-12)24-16(17,18)19/h5-8,14H,2-4,9-11H2,1H3,(H,20,22). The Balaban J connectivity index is 1.76. The summed E-state index contributed by atoms with van der Waals surface area (Å²) in [6.07, 6.45) is -1.37. The van der Waals surface area contributed by atoms with E-state index in [1.54, 1.807) is 0 Å². The number of halogens is 3. The number of anilines is 1. The molecule has 0 spiro atoms. The fraction of sp³-hybridized carbons (Fsp3) is 0.562. The van der Waals surface area contributed by atoms with Crippen LogP contribution in [0.2, 0.25) is 0 Å². The van der Waals surface area contributed by atoms with Crippen molar-refractivity contribution in [3.63, 3.8) is 0 Å². The van der Waals surface area contributed by atoms with Crippen LogP contribution in [0, 0.1) is 0 Å². The van der Waals surface area contributed by atoms with E-state index in [0.717, 1.165) is 38.0 Å². The van der Waals surface area contributed by atoms with E-state index in [1.165, 1.54) is 12.1 Å². The van der Waals surface area contributed by atoms with Crippen LogP contribution in [0.3, 0.4) is 0 Å². The van der Waals surface area contributed by atoms with Crippen molar-refractivity contribution in [2.24, 2.45) is 0 Å². The van der Waals surface area contributed by atoms with Crippen molar-refractivity contribution in [1.82, 2.24) is 4.90 Å². The highest BCUT2D eigenvalue weighted by atomic mass is 19.4. The minimum atomic E-state index is -4.73. The van der Waals surface area contributed by atoms with Crippen LogP contribution in [0.5, 0.6) is 5.75 Å². The molecule has 1 N–H and O–H groups in total. The molecule has 1 fully saturated rings. The molecule has 0 saturated carbocycles. The van der Waals surface area contributed by atoms with Gasteiger partial charge in [0.05, 0.1) is 12.6 Å². The van der Waals surface area contributed by atoms with Crippen LogP contribution >= 0.6 is 0 Å². The second kappa shape index (κ2) is 8.34. The Kier molecular flexibility index (Phi) is 6.44. The molecule has 0 bridgehead atoms.